The minimum atomic E-state index is -4.53. The number of benzene rings is 1. The third-order valence-corrected chi connectivity index (χ3v) is 6.91. The Morgan fingerprint density at radius 1 is 0.949 bits per heavy atom. The van der Waals surface area contributed by atoms with Crippen LogP contribution in [0.2, 0.25) is 0 Å². The van der Waals surface area contributed by atoms with Crippen LogP contribution in [0.4, 0.5) is 40.8 Å². The molecule has 0 bridgehead atoms. The number of fused-ring (bicyclic) bond motifs is 1. The number of morpholine rings is 1. The van der Waals surface area contributed by atoms with E-state index in [1.807, 2.05) is 4.90 Å². The summed E-state index contributed by atoms with van der Waals surface area (Å²) in [6.07, 6.45) is -2.43. The second-order valence-corrected chi connectivity index (χ2v) is 10.1. The first kappa shape index (κ1) is 27.1. The maximum Gasteiger partial charge on any atom is 0.419 e. The van der Waals surface area contributed by atoms with Gasteiger partial charge in [0.2, 0.25) is 5.95 Å². The van der Waals surface area contributed by atoms with Crippen molar-refractivity contribution in [1.29, 1.82) is 0 Å². The highest BCUT2D eigenvalue weighted by Crippen LogP contribution is 2.36. The highest BCUT2D eigenvalue weighted by molar-refractivity contribution is 5.63. The Bertz CT molecular complexity index is 1340. The first-order valence-corrected chi connectivity index (χ1v) is 12.8. The molecule has 1 saturated heterocycles. The number of ether oxygens (including phenoxy) is 1. The van der Waals surface area contributed by atoms with Gasteiger partial charge in [-0.1, -0.05) is 6.07 Å². The quantitative estimate of drug-likeness (QED) is 0.455. The number of anilines is 4. The van der Waals surface area contributed by atoms with Gasteiger partial charge in [0.25, 0.3) is 0 Å². The van der Waals surface area contributed by atoms with Gasteiger partial charge in [-0.25, -0.2) is 14.4 Å². The van der Waals surface area contributed by atoms with Crippen LogP contribution in [0.1, 0.15) is 36.2 Å². The maximum atomic E-state index is 14.8. The number of nitrogens with zero attached hydrogens (tertiary/aromatic N) is 5. The molecule has 0 atom stereocenters. The van der Waals surface area contributed by atoms with Crippen LogP contribution in [0.3, 0.4) is 0 Å². The number of aromatic nitrogens is 3. The zero-order valence-electron chi connectivity index (χ0n) is 21.7. The molecule has 0 unspecified atom stereocenters. The molecule has 208 valence electrons. The highest BCUT2D eigenvalue weighted by atomic mass is 19.4. The smallest absolute Gasteiger partial charge is 0.386 e. The molecule has 5 rings (SSSR count). The van der Waals surface area contributed by atoms with Crippen LogP contribution >= 0.6 is 0 Å². The van der Waals surface area contributed by atoms with Gasteiger partial charge in [0.1, 0.15) is 17.5 Å². The summed E-state index contributed by atoms with van der Waals surface area (Å²) in [7, 11) is 0. The molecule has 4 heterocycles. The van der Waals surface area contributed by atoms with Gasteiger partial charge in [-0.15, -0.1) is 0 Å². The molecule has 0 radical (unpaired) electrons. The number of pyridine rings is 1. The Balaban J connectivity index is 1.50. The Morgan fingerprint density at radius 3 is 2.38 bits per heavy atom. The van der Waals surface area contributed by atoms with Crippen molar-refractivity contribution in [2.45, 2.75) is 38.5 Å². The summed E-state index contributed by atoms with van der Waals surface area (Å²) in [5.41, 5.74) is -0.0608. The van der Waals surface area contributed by atoms with E-state index in [4.69, 9.17) is 14.7 Å². The molecule has 1 fully saturated rings. The van der Waals surface area contributed by atoms with E-state index in [-0.39, 0.29) is 17.9 Å². The lowest BCUT2D eigenvalue weighted by Gasteiger charge is -2.28. The number of hydrogen-bond acceptors (Lipinski definition) is 8. The predicted molar refractivity (Wildman–Crippen MR) is 139 cm³/mol. The summed E-state index contributed by atoms with van der Waals surface area (Å²) in [5.74, 6) is 0.270. The first-order valence-electron chi connectivity index (χ1n) is 12.8. The summed E-state index contributed by atoms with van der Waals surface area (Å²) in [5, 5.41) is 13.4. The summed E-state index contributed by atoms with van der Waals surface area (Å²) in [4.78, 5) is 17.3. The normalized spacial score (nSPS) is 16.6. The molecule has 2 aromatic heterocycles. The van der Waals surface area contributed by atoms with Crippen molar-refractivity contribution >= 4 is 23.3 Å². The lowest BCUT2D eigenvalue weighted by Crippen LogP contribution is -2.37. The van der Waals surface area contributed by atoms with Crippen LogP contribution in [0.15, 0.2) is 36.5 Å². The van der Waals surface area contributed by atoms with Gasteiger partial charge in [0.15, 0.2) is 0 Å². The van der Waals surface area contributed by atoms with Crippen molar-refractivity contribution in [3.63, 3.8) is 0 Å². The third kappa shape index (κ3) is 5.91. The molecule has 2 aliphatic heterocycles. The Hall–Kier alpha value is -3.51. The zero-order chi connectivity index (χ0) is 27.8. The van der Waals surface area contributed by atoms with Crippen molar-refractivity contribution in [3.8, 4) is 0 Å². The summed E-state index contributed by atoms with van der Waals surface area (Å²) >= 11 is 0. The molecule has 0 spiro atoms. The van der Waals surface area contributed by atoms with E-state index in [1.165, 1.54) is 38.2 Å². The number of hydrogen-bond donors (Lipinski definition) is 2. The molecule has 2 N–H and O–H groups in total. The minimum absolute atomic E-state index is 0.113. The Labute approximate surface area is 223 Å². The number of aliphatic hydroxyl groups is 1. The van der Waals surface area contributed by atoms with Crippen molar-refractivity contribution in [2.75, 3.05) is 54.5 Å². The predicted octanol–water partition coefficient (Wildman–Crippen LogP) is 4.44. The number of halogens is 4. The SMILES string of the molecule is CC(C)(O)c1ccc(Nc2nc(N3CCOCC3)nc3c2CCN(c2ncccc2C(F)(F)F)CC3)cc1F. The van der Waals surface area contributed by atoms with E-state index in [0.29, 0.717) is 63.1 Å². The van der Waals surface area contributed by atoms with Gasteiger partial charge >= 0.3 is 6.18 Å². The second kappa shape index (κ2) is 10.6. The number of alkyl halides is 3. The molecular weight excluding hydrogens is 516 g/mol. The fourth-order valence-corrected chi connectivity index (χ4v) is 4.90. The summed E-state index contributed by atoms with van der Waals surface area (Å²) in [6, 6.07) is 6.79. The molecule has 1 aromatic carbocycles. The summed E-state index contributed by atoms with van der Waals surface area (Å²) in [6.45, 7) is 5.84. The van der Waals surface area contributed by atoms with Crippen molar-refractivity contribution in [2.24, 2.45) is 0 Å². The van der Waals surface area contributed by atoms with E-state index in [9.17, 15) is 22.7 Å². The molecule has 8 nitrogen and oxygen atoms in total. The van der Waals surface area contributed by atoms with Crippen LogP contribution in [-0.4, -0.2) is 59.5 Å². The van der Waals surface area contributed by atoms with Gasteiger partial charge in [0.05, 0.1) is 30.1 Å². The fraction of sp³-hybridized carbons (Fsp3) is 0.444. The monoisotopic (exact) mass is 546 g/mol. The van der Waals surface area contributed by atoms with E-state index >= 15 is 0 Å². The zero-order valence-corrected chi connectivity index (χ0v) is 21.7. The van der Waals surface area contributed by atoms with Gasteiger partial charge in [-0.3, -0.25) is 0 Å². The molecule has 12 heteroatoms. The van der Waals surface area contributed by atoms with E-state index in [1.54, 1.807) is 11.0 Å². The molecular formula is C27H30F4N6O2. The molecule has 2 aliphatic rings. The molecule has 39 heavy (non-hydrogen) atoms. The van der Waals surface area contributed by atoms with E-state index < -0.39 is 23.2 Å². The average Bonchev–Trinajstić information content (AvgIpc) is 3.11. The van der Waals surface area contributed by atoms with Crippen molar-refractivity contribution in [3.05, 3.63) is 64.7 Å². The minimum Gasteiger partial charge on any atom is -0.386 e. The van der Waals surface area contributed by atoms with Crippen LogP contribution in [0.25, 0.3) is 0 Å². The van der Waals surface area contributed by atoms with E-state index in [2.05, 4.69) is 10.3 Å². The molecule has 3 aromatic rings. The topological polar surface area (TPSA) is 86.6 Å². The summed E-state index contributed by atoms with van der Waals surface area (Å²) < 4.78 is 61.4. The van der Waals surface area contributed by atoms with Crippen LogP contribution in [0.5, 0.6) is 0 Å². The Kier molecular flexibility index (Phi) is 7.34. The van der Waals surface area contributed by atoms with Gasteiger partial charge < -0.3 is 25.0 Å². The number of nitrogens with one attached hydrogen (secondary N) is 1. The van der Waals surface area contributed by atoms with Gasteiger partial charge in [-0.2, -0.15) is 18.2 Å². The standard InChI is InChI=1S/C27H30F4N6O2/c1-26(2,38)19-6-5-17(16-21(19)28)33-23-18-7-10-36(24-20(27(29,30)31)4-3-9-32-24)11-8-22(18)34-25(35-23)37-12-14-39-15-13-37/h3-6,9,16,38H,7-8,10-15H2,1-2H3,(H,33,34,35). The van der Waals surface area contributed by atoms with Gasteiger partial charge in [0, 0.05) is 55.6 Å². The van der Waals surface area contributed by atoms with E-state index in [0.717, 1.165) is 17.3 Å². The Morgan fingerprint density at radius 2 is 1.69 bits per heavy atom. The molecule has 0 saturated carbocycles. The lowest BCUT2D eigenvalue weighted by molar-refractivity contribution is -0.137. The van der Waals surface area contributed by atoms with Crippen LogP contribution in [0, 0.1) is 5.82 Å². The number of rotatable bonds is 5. The largest absolute Gasteiger partial charge is 0.419 e. The van der Waals surface area contributed by atoms with Crippen LogP contribution < -0.4 is 15.1 Å². The first-order chi connectivity index (χ1) is 18.5. The fourth-order valence-electron chi connectivity index (χ4n) is 4.90. The highest BCUT2D eigenvalue weighted by Gasteiger charge is 2.36. The van der Waals surface area contributed by atoms with Crippen molar-refractivity contribution < 1.29 is 27.4 Å². The average molecular weight is 547 g/mol. The van der Waals surface area contributed by atoms with Gasteiger partial charge in [-0.05, 0) is 44.5 Å². The van der Waals surface area contributed by atoms with Crippen LogP contribution in [-0.2, 0) is 29.4 Å². The molecule has 0 amide bonds. The third-order valence-electron chi connectivity index (χ3n) is 6.91. The lowest BCUT2D eigenvalue weighted by atomic mass is 9.97. The maximum absolute atomic E-state index is 14.8. The second-order valence-electron chi connectivity index (χ2n) is 10.1. The molecule has 0 aliphatic carbocycles. The van der Waals surface area contributed by atoms with Crippen molar-refractivity contribution in [1.82, 2.24) is 15.0 Å².